The van der Waals surface area contributed by atoms with Crippen molar-refractivity contribution in [2.75, 3.05) is 89.5 Å². The van der Waals surface area contributed by atoms with Gasteiger partial charge in [-0.05, 0) is 30.7 Å². The molecular formula is C28H36N8O4. The van der Waals surface area contributed by atoms with E-state index >= 15 is 0 Å². The van der Waals surface area contributed by atoms with Crippen LogP contribution >= 0.6 is 0 Å². The number of morpholine rings is 1. The summed E-state index contributed by atoms with van der Waals surface area (Å²) in [6, 6.07) is 7.57. The van der Waals surface area contributed by atoms with Crippen LogP contribution in [0.5, 0.6) is 11.5 Å². The Morgan fingerprint density at radius 1 is 1.07 bits per heavy atom. The van der Waals surface area contributed by atoms with Crippen molar-refractivity contribution in [3.05, 3.63) is 41.6 Å². The van der Waals surface area contributed by atoms with E-state index < -0.39 is 0 Å². The molecule has 0 bridgehead atoms. The summed E-state index contributed by atoms with van der Waals surface area (Å²) in [4.78, 5) is 31.5. The molecule has 1 amide bonds. The molecule has 0 saturated carbocycles. The third-order valence-corrected chi connectivity index (χ3v) is 7.52. The number of carbonyl (C=O) groups excluding carboxylic acids is 1. The van der Waals surface area contributed by atoms with Gasteiger partial charge >= 0.3 is 0 Å². The van der Waals surface area contributed by atoms with Gasteiger partial charge < -0.3 is 29.7 Å². The molecule has 0 unspecified atom stereocenters. The standard InChI is InChI=1S/C28H36N8O4/c1-38-25-22(40-16-2-10-34-14-17-39-18-15-34)5-4-21-24(25)32-28(36-13-9-30-26(21)36)33-27(37)20-3-6-23(31-19-20)35-11-7-29-8-12-35/h3-6,19,29-30H,2,7-18H2,1H3. The van der Waals surface area contributed by atoms with Crippen LogP contribution < -0.4 is 30.6 Å². The highest BCUT2D eigenvalue weighted by molar-refractivity contribution is 5.96. The normalized spacial score (nSPS) is 18.0. The van der Waals surface area contributed by atoms with Crippen molar-refractivity contribution in [1.29, 1.82) is 0 Å². The molecule has 2 fully saturated rings. The molecule has 6 rings (SSSR count). The molecule has 0 spiro atoms. The van der Waals surface area contributed by atoms with Gasteiger partial charge in [0.1, 0.15) is 17.2 Å². The van der Waals surface area contributed by atoms with Crippen molar-refractivity contribution >= 4 is 28.4 Å². The van der Waals surface area contributed by atoms with Gasteiger partial charge in [-0.3, -0.25) is 14.3 Å². The maximum atomic E-state index is 13.2. The summed E-state index contributed by atoms with van der Waals surface area (Å²) in [6.07, 6.45) is 2.49. The van der Waals surface area contributed by atoms with Gasteiger partial charge in [0.2, 0.25) is 5.62 Å². The van der Waals surface area contributed by atoms with Gasteiger partial charge in [0, 0.05) is 70.5 Å². The Hall–Kier alpha value is -3.74. The van der Waals surface area contributed by atoms with E-state index in [1.54, 1.807) is 19.4 Å². The van der Waals surface area contributed by atoms with Crippen LogP contribution in [0.4, 0.5) is 11.6 Å². The van der Waals surface area contributed by atoms with E-state index in [1.807, 2.05) is 22.8 Å². The molecule has 0 radical (unpaired) electrons. The molecule has 12 heteroatoms. The smallest absolute Gasteiger partial charge is 0.281 e. The van der Waals surface area contributed by atoms with Crippen molar-refractivity contribution < 1.29 is 19.0 Å². The quantitative estimate of drug-likeness (QED) is 0.397. The molecule has 2 aromatic heterocycles. The number of nitrogens with zero attached hydrogens (tertiary/aromatic N) is 6. The maximum absolute atomic E-state index is 13.2. The van der Waals surface area contributed by atoms with E-state index in [9.17, 15) is 4.79 Å². The van der Waals surface area contributed by atoms with Crippen molar-refractivity contribution in [2.24, 2.45) is 4.99 Å². The second-order valence-electron chi connectivity index (χ2n) is 10.0. The lowest BCUT2D eigenvalue weighted by Gasteiger charge is -2.28. The van der Waals surface area contributed by atoms with Crippen LogP contribution in [0, 0.1) is 0 Å². The average molecular weight is 549 g/mol. The first kappa shape index (κ1) is 26.5. The Morgan fingerprint density at radius 2 is 1.93 bits per heavy atom. The fourth-order valence-corrected chi connectivity index (χ4v) is 5.39. The number of ether oxygens (including phenoxy) is 3. The topological polar surface area (TPSA) is 118 Å². The molecule has 12 nitrogen and oxygen atoms in total. The van der Waals surface area contributed by atoms with Gasteiger partial charge in [-0.25, -0.2) is 9.97 Å². The van der Waals surface area contributed by atoms with E-state index in [0.29, 0.717) is 41.3 Å². The fraction of sp³-hybridized carbons (Fsp3) is 0.500. The molecule has 3 aliphatic heterocycles. The number of aromatic nitrogens is 3. The molecule has 1 aromatic carbocycles. The first-order valence-corrected chi connectivity index (χ1v) is 14.0. The van der Waals surface area contributed by atoms with E-state index in [1.165, 1.54) is 0 Å². The predicted molar refractivity (Wildman–Crippen MR) is 151 cm³/mol. The number of methoxy groups -OCH3 is 1. The Morgan fingerprint density at radius 3 is 2.70 bits per heavy atom. The van der Waals surface area contributed by atoms with E-state index in [-0.39, 0.29) is 5.91 Å². The number of pyridine rings is 1. The fourth-order valence-electron chi connectivity index (χ4n) is 5.39. The minimum Gasteiger partial charge on any atom is -0.491 e. The highest BCUT2D eigenvalue weighted by atomic mass is 16.5. The largest absolute Gasteiger partial charge is 0.491 e. The molecular weight excluding hydrogens is 512 g/mol. The van der Waals surface area contributed by atoms with Crippen molar-refractivity contribution in [2.45, 2.75) is 13.0 Å². The van der Waals surface area contributed by atoms with Crippen molar-refractivity contribution in [3.8, 4) is 11.5 Å². The predicted octanol–water partition coefficient (Wildman–Crippen LogP) is 1.12. The third kappa shape index (κ3) is 5.60. The van der Waals surface area contributed by atoms with Crippen molar-refractivity contribution in [3.63, 3.8) is 0 Å². The zero-order valence-corrected chi connectivity index (χ0v) is 22.9. The van der Waals surface area contributed by atoms with Crippen LogP contribution in [0.15, 0.2) is 35.5 Å². The van der Waals surface area contributed by atoms with Crippen LogP contribution in [-0.2, 0) is 11.3 Å². The number of amides is 1. The summed E-state index contributed by atoms with van der Waals surface area (Å²) in [7, 11) is 1.61. The van der Waals surface area contributed by atoms with Gasteiger partial charge in [-0.2, -0.15) is 4.99 Å². The minimum absolute atomic E-state index is 0.325. The summed E-state index contributed by atoms with van der Waals surface area (Å²) in [6.45, 7) is 10.0. The van der Waals surface area contributed by atoms with E-state index in [4.69, 9.17) is 19.2 Å². The zero-order chi connectivity index (χ0) is 27.3. The molecule has 0 aliphatic carbocycles. The number of hydrogen-bond acceptors (Lipinski definition) is 10. The molecule has 5 heterocycles. The summed E-state index contributed by atoms with van der Waals surface area (Å²) in [5.74, 6) is 2.50. The summed E-state index contributed by atoms with van der Waals surface area (Å²) >= 11 is 0. The number of piperazine rings is 1. The lowest BCUT2D eigenvalue weighted by atomic mass is 10.2. The molecule has 0 atom stereocenters. The van der Waals surface area contributed by atoms with Gasteiger partial charge in [-0.1, -0.05) is 0 Å². The van der Waals surface area contributed by atoms with Crippen LogP contribution in [0.1, 0.15) is 16.8 Å². The Balaban J connectivity index is 1.25. The number of nitrogens with one attached hydrogen (secondary N) is 2. The first-order chi connectivity index (χ1) is 19.7. The Bertz CT molecular complexity index is 1410. The Kier molecular flexibility index (Phi) is 8.07. The van der Waals surface area contributed by atoms with E-state index in [0.717, 1.165) is 89.0 Å². The lowest BCUT2D eigenvalue weighted by Crippen LogP contribution is -2.43. The number of anilines is 2. The zero-order valence-electron chi connectivity index (χ0n) is 22.9. The number of benzene rings is 1. The van der Waals surface area contributed by atoms with Gasteiger partial charge in [0.25, 0.3) is 5.91 Å². The number of carbonyl (C=O) groups is 1. The molecule has 40 heavy (non-hydrogen) atoms. The van der Waals surface area contributed by atoms with Gasteiger partial charge in [0.05, 0.1) is 32.5 Å². The second kappa shape index (κ2) is 12.2. The summed E-state index contributed by atoms with van der Waals surface area (Å²) < 4.78 is 19.3. The first-order valence-electron chi connectivity index (χ1n) is 14.0. The SMILES string of the molecule is COc1c(OCCCN2CCOCC2)ccc2c3n(c(=NC(=O)c4ccc(N5CCNCC5)nc4)nc12)CCN3. The highest BCUT2D eigenvalue weighted by Crippen LogP contribution is 2.37. The van der Waals surface area contributed by atoms with E-state index in [2.05, 4.69) is 30.4 Å². The molecule has 3 aliphatic rings. The van der Waals surface area contributed by atoms with Crippen LogP contribution in [0.2, 0.25) is 0 Å². The summed E-state index contributed by atoms with van der Waals surface area (Å²) in [5, 5.41) is 7.64. The van der Waals surface area contributed by atoms with Crippen LogP contribution in [0.25, 0.3) is 10.9 Å². The minimum atomic E-state index is -0.387. The summed E-state index contributed by atoms with van der Waals surface area (Å²) in [5.41, 5.74) is 1.35. The highest BCUT2D eigenvalue weighted by Gasteiger charge is 2.21. The molecule has 212 valence electrons. The van der Waals surface area contributed by atoms with Gasteiger partial charge in [0.15, 0.2) is 11.5 Å². The number of hydrogen-bond donors (Lipinski definition) is 2. The molecule has 2 N–H and O–H groups in total. The third-order valence-electron chi connectivity index (χ3n) is 7.52. The number of fused-ring (bicyclic) bond motifs is 3. The lowest BCUT2D eigenvalue weighted by molar-refractivity contribution is 0.0357. The monoisotopic (exact) mass is 548 g/mol. The molecule has 2 saturated heterocycles. The number of rotatable bonds is 8. The van der Waals surface area contributed by atoms with Crippen molar-refractivity contribution in [1.82, 2.24) is 24.8 Å². The maximum Gasteiger partial charge on any atom is 0.281 e. The second-order valence-corrected chi connectivity index (χ2v) is 10.0. The van der Waals surface area contributed by atoms with Crippen LogP contribution in [0.3, 0.4) is 0 Å². The molecule has 3 aromatic rings. The Labute approximate surface area is 233 Å². The van der Waals surface area contributed by atoms with Crippen LogP contribution in [-0.4, -0.2) is 105 Å². The average Bonchev–Trinajstić information content (AvgIpc) is 3.51. The van der Waals surface area contributed by atoms with Gasteiger partial charge in [-0.15, -0.1) is 0 Å².